The van der Waals surface area contributed by atoms with Crippen LogP contribution >= 0.6 is 0 Å². The molecule has 0 radical (unpaired) electrons. The summed E-state index contributed by atoms with van der Waals surface area (Å²) in [7, 11) is 0. The molecule has 0 bridgehead atoms. The van der Waals surface area contributed by atoms with E-state index in [9.17, 15) is 0 Å². The molecule has 0 saturated heterocycles. The van der Waals surface area contributed by atoms with E-state index in [1.54, 1.807) is 6.21 Å². The normalized spacial score (nSPS) is 10.6. The number of oxime groups is 1. The third kappa shape index (κ3) is 7.47. The molecule has 0 N–H and O–H groups in total. The average Bonchev–Trinajstić information content (AvgIpc) is 1.97. The molecular weight excluding hydrogens is 126 g/mol. The van der Waals surface area contributed by atoms with Gasteiger partial charge in [0.25, 0.3) is 0 Å². The Bertz CT molecular complexity index is 81.3. The molecule has 0 spiro atoms. The van der Waals surface area contributed by atoms with E-state index in [4.69, 9.17) is 4.84 Å². The third-order valence-electron chi connectivity index (χ3n) is 1.27. The van der Waals surface area contributed by atoms with Gasteiger partial charge in [-0.25, -0.2) is 0 Å². The van der Waals surface area contributed by atoms with E-state index in [1.807, 2.05) is 6.92 Å². The van der Waals surface area contributed by atoms with Crippen molar-refractivity contribution in [2.45, 2.75) is 39.5 Å². The van der Waals surface area contributed by atoms with Gasteiger partial charge in [-0.1, -0.05) is 24.9 Å². The van der Waals surface area contributed by atoms with E-state index in [2.05, 4.69) is 12.1 Å². The molecule has 0 aromatic carbocycles. The van der Waals surface area contributed by atoms with Crippen molar-refractivity contribution < 1.29 is 4.84 Å². The summed E-state index contributed by atoms with van der Waals surface area (Å²) in [4.78, 5) is 4.90. The Morgan fingerprint density at radius 1 is 1.30 bits per heavy atom. The molecule has 0 rings (SSSR count). The van der Waals surface area contributed by atoms with Crippen LogP contribution in [0, 0.1) is 0 Å². The highest BCUT2D eigenvalue weighted by Crippen LogP contribution is 1.98. The van der Waals surface area contributed by atoms with Gasteiger partial charge in [0.1, 0.15) is 6.61 Å². The van der Waals surface area contributed by atoms with Crippen LogP contribution in [0.2, 0.25) is 0 Å². The average molecular weight is 143 g/mol. The van der Waals surface area contributed by atoms with Crippen LogP contribution in [0.5, 0.6) is 0 Å². The maximum absolute atomic E-state index is 4.90. The van der Waals surface area contributed by atoms with Crippen molar-refractivity contribution in [1.29, 1.82) is 0 Å². The number of hydrogen-bond donors (Lipinski definition) is 0. The Hall–Kier alpha value is -0.530. The third-order valence-corrected chi connectivity index (χ3v) is 1.27. The quantitative estimate of drug-likeness (QED) is 0.318. The standard InChI is InChI=1S/C8H17NO/c1-3-5-6-7-8-10-9-4-2/h4H,3,5-8H2,1-2H3. The largest absolute Gasteiger partial charge is 0.396 e. The zero-order valence-corrected chi connectivity index (χ0v) is 6.97. The number of hydrogen-bond acceptors (Lipinski definition) is 2. The molecule has 0 aliphatic heterocycles. The van der Waals surface area contributed by atoms with Crippen LogP contribution in [0.1, 0.15) is 39.5 Å². The molecule has 2 nitrogen and oxygen atoms in total. The summed E-state index contributed by atoms with van der Waals surface area (Å²) in [6, 6.07) is 0. The first-order chi connectivity index (χ1) is 4.91. The zero-order chi connectivity index (χ0) is 7.66. The summed E-state index contributed by atoms with van der Waals surface area (Å²) in [5.74, 6) is 0. The van der Waals surface area contributed by atoms with E-state index in [-0.39, 0.29) is 0 Å². The van der Waals surface area contributed by atoms with Crippen LogP contribution in [-0.2, 0) is 4.84 Å². The molecule has 0 aliphatic carbocycles. The van der Waals surface area contributed by atoms with Gasteiger partial charge < -0.3 is 4.84 Å². The minimum Gasteiger partial charge on any atom is -0.396 e. The molecule has 0 aromatic heterocycles. The van der Waals surface area contributed by atoms with Crippen molar-refractivity contribution in [2.75, 3.05) is 6.61 Å². The van der Waals surface area contributed by atoms with Crippen LogP contribution in [0.4, 0.5) is 0 Å². The maximum Gasteiger partial charge on any atom is 0.117 e. The molecule has 0 amide bonds. The number of unbranched alkanes of at least 4 members (excludes halogenated alkanes) is 3. The van der Waals surface area contributed by atoms with Crippen molar-refractivity contribution in [3.05, 3.63) is 0 Å². The minimum atomic E-state index is 0.768. The van der Waals surface area contributed by atoms with Gasteiger partial charge in [0, 0.05) is 6.21 Å². The Morgan fingerprint density at radius 2 is 2.10 bits per heavy atom. The number of rotatable bonds is 6. The molecule has 60 valence electrons. The van der Waals surface area contributed by atoms with Gasteiger partial charge in [-0.2, -0.15) is 0 Å². The fourth-order valence-corrected chi connectivity index (χ4v) is 0.721. The molecule has 0 heterocycles. The Labute approximate surface area is 63.3 Å². The summed E-state index contributed by atoms with van der Waals surface area (Å²) in [6.45, 7) is 4.82. The Kier molecular flexibility index (Phi) is 8.02. The molecule has 0 fully saturated rings. The summed E-state index contributed by atoms with van der Waals surface area (Å²) in [5.41, 5.74) is 0. The highest BCUT2D eigenvalue weighted by atomic mass is 16.6. The molecule has 0 aromatic rings. The molecule has 2 heteroatoms. The Morgan fingerprint density at radius 3 is 2.70 bits per heavy atom. The lowest BCUT2D eigenvalue weighted by Gasteiger charge is -1.96. The molecular formula is C8H17NO. The molecule has 0 saturated carbocycles. The van der Waals surface area contributed by atoms with Gasteiger partial charge in [-0.15, -0.1) is 0 Å². The predicted octanol–water partition coefficient (Wildman–Crippen LogP) is 2.59. The van der Waals surface area contributed by atoms with E-state index in [1.165, 1.54) is 19.3 Å². The van der Waals surface area contributed by atoms with Crippen LogP contribution < -0.4 is 0 Å². The minimum absolute atomic E-state index is 0.768. The van der Waals surface area contributed by atoms with E-state index in [0.717, 1.165) is 13.0 Å². The highest BCUT2D eigenvalue weighted by Gasteiger charge is 1.85. The molecule has 10 heavy (non-hydrogen) atoms. The lowest BCUT2D eigenvalue weighted by molar-refractivity contribution is 0.141. The van der Waals surface area contributed by atoms with Crippen LogP contribution in [0.15, 0.2) is 5.16 Å². The van der Waals surface area contributed by atoms with Crippen molar-refractivity contribution in [3.8, 4) is 0 Å². The fraction of sp³-hybridized carbons (Fsp3) is 0.875. The summed E-state index contributed by atoms with van der Waals surface area (Å²) in [5, 5.41) is 3.64. The van der Waals surface area contributed by atoms with Gasteiger partial charge in [0.05, 0.1) is 0 Å². The fourth-order valence-electron chi connectivity index (χ4n) is 0.721. The first-order valence-electron chi connectivity index (χ1n) is 4.01. The lowest BCUT2D eigenvalue weighted by atomic mass is 10.2. The smallest absolute Gasteiger partial charge is 0.117 e. The van der Waals surface area contributed by atoms with Gasteiger partial charge in [-0.05, 0) is 19.8 Å². The molecule has 0 atom stereocenters. The first-order valence-corrected chi connectivity index (χ1v) is 4.01. The lowest BCUT2D eigenvalue weighted by Crippen LogP contribution is -1.87. The predicted molar refractivity (Wildman–Crippen MR) is 44.3 cm³/mol. The zero-order valence-electron chi connectivity index (χ0n) is 6.97. The van der Waals surface area contributed by atoms with Crippen molar-refractivity contribution in [1.82, 2.24) is 0 Å². The summed E-state index contributed by atoms with van der Waals surface area (Å²) < 4.78 is 0. The maximum atomic E-state index is 4.90. The second-order valence-electron chi connectivity index (χ2n) is 2.26. The van der Waals surface area contributed by atoms with Gasteiger partial charge >= 0.3 is 0 Å². The van der Waals surface area contributed by atoms with Crippen LogP contribution in [-0.4, -0.2) is 12.8 Å². The summed E-state index contributed by atoms with van der Waals surface area (Å²) >= 11 is 0. The topological polar surface area (TPSA) is 21.6 Å². The highest BCUT2D eigenvalue weighted by molar-refractivity contribution is 5.52. The second-order valence-corrected chi connectivity index (χ2v) is 2.26. The first kappa shape index (κ1) is 9.47. The number of nitrogens with zero attached hydrogens (tertiary/aromatic N) is 1. The summed E-state index contributed by atoms with van der Waals surface area (Å²) in [6.07, 6.45) is 6.64. The molecule has 0 unspecified atom stereocenters. The van der Waals surface area contributed by atoms with Crippen molar-refractivity contribution in [2.24, 2.45) is 5.16 Å². The SMILES string of the molecule is CC=NOCCCCCC. The van der Waals surface area contributed by atoms with Gasteiger partial charge in [0.15, 0.2) is 0 Å². The van der Waals surface area contributed by atoms with Crippen LogP contribution in [0.25, 0.3) is 0 Å². The Balaban J connectivity index is 2.77. The van der Waals surface area contributed by atoms with E-state index < -0.39 is 0 Å². The van der Waals surface area contributed by atoms with Crippen LogP contribution in [0.3, 0.4) is 0 Å². The van der Waals surface area contributed by atoms with Crippen molar-refractivity contribution in [3.63, 3.8) is 0 Å². The van der Waals surface area contributed by atoms with Gasteiger partial charge in [0.2, 0.25) is 0 Å². The van der Waals surface area contributed by atoms with E-state index >= 15 is 0 Å². The van der Waals surface area contributed by atoms with E-state index in [0.29, 0.717) is 0 Å². The van der Waals surface area contributed by atoms with Crippen molar-refractivity contribution >= 4 is 6.21 Å². The molecule has 0 aliphatic rings. The van der Waals surface area contributed by atoms with Gasteiger partial charge in [-0.3, -0.25) is 0 Å². The monoisotopic (exact) mass is 143 g/mol. The second kappa shape index (κ2) is 8.47.